The van der Waals surface area contributed by atoms with Crippen LogP contribution in [0.3, 0.4) is 0 Å². The molecule has 0 aliphatic carbocycles. The second-order valence-electron chi connectivity index (χ2n) is 1.76. The molecular formula is C7H9ClO. The average molecular weight is 145 g/mol. The van der Waals surface area contributed by atoms with Crippen molar-refractivity contribution in [2.24, 2.45) is 0 Å². The molecule has 0 saturated heterocycles. The van der Waals surface area contributed by atoms with Crippen LogP contribution in [0.5, 0.6) is 0 Å². The molecular weight excluding hydrogens is 136 g/mol. The molecule has 1 nitrogen and oxygen atoms in total. The van der Waals surface area contributed by atoms with E-state index in [-0.39, 0.29) is 5.76 Å². The smallest absolute Gasteiger partial charge is 0.119 e. The SMILES string of the molecule is C=C(Cl)/C=C(/O)C(=C)C. The Morgan fingerprint density at radius 3 is 2.11 bits per heavy atom. The zero-order chi connectivity index (χ0) is 7.44. The highest BCUT2D eigenvalue weighted by Crippen LogP contribution is 2.07. The molecule has 0 fully saturated rings. The molecule has 0 aromatic heterocycles. The number of allylic oxidation sites excluding steroid dienone is 3. The summed E-state index contributed by atoms with van der Waals surface area (Å²) in [6, 6.07) is 0. The summed E-state index contributed by atoms with van der Waals surface area (Å²) in [6.07, 6.45) is 1.35. The molecule has 0 heterocycles. The molecule has 1 N–H and O–H groups in total. The molecule has 0 spiro atoms. The Bertz CT molecular complexity index is 168. The van der Waals surface area contributed by atoms with Gasteiger partial charge in [0.2, 0.25) is 0 Å². The van der Waals surface area contributed by atoms with Crippen LogP contribution in [0.15, 0.2) is 35.6 Å². The van der Waals surface area contributed by atoms with Gasteiger partial charge in [-0.2, -0.15) is 0 Å². The molecule has 0 aromatic rings. The lowest BCUT2D eigenvalue weighted by Crippen LogP contribution is -1.79. The average Bonchev–Trinajstić information content (AvgIpc) is 1.63. The lowest BCUT2D eigenvalue weighted by atomic mass is 10.3. The van der Waals surface area contributed by atoms with Crippen molar-refractivity contribution in [1.82, 2.24) is 0 Å². The standard InChI is InChI=1S/C7H9ClO/c1-5(2)7(9)4-6(3)8/h4,9H,1,3H2,2H3/b7-4+. The number of hydrogen-bond acceptors (Lipinski definition) is 1. The minimum atomic E-state index is 0.0787. The van der Waals surface area contributed by atoms with Crippen molar-refractivity contribution in [2.45, 2.75) is 6.92 Å². The first-order valence-corrected chi connectivity index (χ1v) is 2.83. The van der Waals surface area contributed by atoms with Crippen molar-refractivity contribution in [3.8, 4) is 0 Å². The first kappa shape index (κ1) is 8.31. The van der Waals surface area contributed by atoms with Crippen LogP contribution in [0, 0.1) is 0 Å². The van der Waals surface area contributed by atoms with E-state index >= 15 is 0 Å². The van der Waals surface area contributed by atoms with Gasteiger partial charge < -0.3 is 5.11 Å². The molecule has 9 heavy (non-hydrogen) atoms. The fourth-order valence-electron chi connectivity index (χ4n) is 0.272. The van der Waals surface area contributed by atoms with Crippen LogP contribution in [0.2, 0.25) is 0 Å². The van der Waals surface area contributed by atoms with Gasteiger partial charge in [0.25, 0.3) is 0 Å². The summed E-state index contributed by atoms with van der Waals surface area (Å²) in [5, 5.41) is 9.21. The van der Waals surface area contributed by atoms with Crippen LogP contribution in [-0.4, -0.2) is 5.11 Å². The van der Waals surface area contributed by atoms with Crippen molar-refractivity contribution in [3.05, 3.63) is 35.6 Å². The van der Waals surface area contributed by atoms with E-state index < -0.39 is 0 Å². The number of halogens is 1. The number of rotatable bonds is 2. The topological polar surface area (TPSA) is 20.2 Å². The van der Waals surface area contributed by atoms with E-state index in [0.29, 0.717) is 10.6 Å². The molecule has 0 bridgehead atoms. The molecule has 0 saturated carbocycles. The van der Waals surface area contributed by atoms with Crippen LogP contribution in [0.4, 0.5) is 0 Å². The maximum Gasteiger partial charge on any atom is 0.119 e. The summed E-state index contributed by atoms with van der Waals surface area (Å²) in [6.45, 7) is 8.54. The van der Waals surface area contributed by atoms with E-state index in [1.165, 1.54) is 6.08 Å². The van der Waals surface area contributed by atoms with Crippen LogP contribution >= 0.6 is 11.6 Å². The largest absolute Gasteiger partial charge is 0.508 e. The fourth-order valence-corrected chi connectivity index (χ4v) is 0.375. The van der Waals surface area contributed by atoms with Crippen LogP contribution < -0.4 is 0 Å². The Kier molecular flexibility index (Phi) is 3.10. The van der Waals surface area contributed by atoms with E-state index in [2.05, 4.69) is 13.2 Å². The van der Waals surface area contributed by atoms with Gasteiger partial charge >= 0.3 is 0 Å². The molecule has 0 aliphatic rings. The molecule has 0 aliphatic heterocycles. The Labute approximate surface area is 60.0 Å². The molecule has 0 aromatic carbocycles. The molecule has 0 rings (SSSR count). The van der Waals surface area contributed by atoms with Gasteiger partial charge in [0.15, 0.2) is 0 Å². The van der Waals surface area contributed by atoms with Crippen molar-refractivity contribution in [1.29, 1.82) is 0 Å². The van der Waals surface area contributed by atoms with Crippen LogP contribution in [0.1, 0.15) is 6.92 Å². The van der Waals surface area contributed by atoms with Crippen molar-refractivity contribution in [3.63, 3.8) is 0 Å². The van der Waals surface area contributed by atoms with Crippen molar-refractivity contribution >= 4 is 11.6 Å². The van der Waals surface area contributed by atoms with E-state index in [0.717, 1.165) is 0 Å². The first-order valence-electron chi connectivity index (χ1n) is 2.45. The Morgan fingerprint density at radius 1 is 1.56 bits per heavy atom. The Morgan fingerprint density at radius 2 is 2.00 bits per heavy atom. The summed E-state index contributed by atoms with van der Waals surface area (Å²) >= 11 is 5.34. The van der Waals surface area contributed by atoms with Crippen molar-refractivity contribution < 1.29 is 5.11 Å². The molecule has 0 radical (unpaired) electrons. The maximum atomic E-state index is 8.91. The van der Waals surface area contributed by atoms with Crippen molar-refractivity contribution in [2.75, 3.05) is 0 Å². The minimum Gasteiger partial charge on any atom is -0.508 e. The summed E-state index contributed by atoms with van der Waals surface area (Å²) in [7, 11) is 0. The maximum absolute atomic E-state index is 8.91. The predicted octanol–water partition coefficient (Wildman–Crippen LogP) is 2.76. The zero-order valence-electron chi connectivity index (χ0n) is 5.32. The highest BCUT2D eigenvalue weighted by Gasteiger charge is 1.91. The van der Waals surface area contributed by atoms with Gasteiger partial charge in [-0.05, 0) is 18.6 Å². The molecule has 50 valence electrons. The summed E-state index contributed by atoms with van der Waals surface area (Å²) < 4.78 is 0. The fraction of sp³-hybridized carbons (Fsp3) is 0.143. The number of aliphatic hydroxyl groups excluding tert-OH is 1. The first-order chi connectivity index (χ1) is 4.04. The Balaban J connectivity index is 4.17. The number of aliphatic hydroxyl groups is 1. The normalized spacial score (nSPS) is 11.1. The van der Waals surface area contributed by atoms with Gasteiger partial charge in [-0.3, -0.25) is 0 Å². The van der Waals surface area contributed by atoms with Gasteiger partial charge in [0.1, 0.15) is 5.76 Å². The summed E-state index contributed by atoms with van der Waals surface area (Å²) in [5.41, 5.74) is 0.580. The second-order valence-corrected chi connectivity index (χ2v) is 2.24. The van der Waals surface area contributed by atoms with Gasteiger partial charge in [0, 0.05) is 5.03 Å². The molecule has 2 heteroatoms. The molecule has 0 unspecified atom stereocenters. The third-order valence-electron chi connectivity index (χ3n) is 0.731. The van der Waals surface area contributed by atoms with Gasteiger partial charge in [-0.25, -0.2) is 0 Å². The van der Waals surface area contributed by atoms with Gasteiger partial charge in [-0.1, -0.05) is 24.8 Å². The third kappa shape index (κ3) is 3.86. The third-order valence-corrected chi connectivity index (χ3v) is 0.840. The minimum absolute atomic E-state index is 0.0787. The van der Waals surface area contributed by atoms with E-state index in [1.54, 1.807) is 6.92 Å². The highest BCUT2D eigenvalue weighted by molar-refractivity contribution is 6.30. The van der Waals surface area contributed by atoms with Gasteiger partial charge in [0.05, 0.1) is 0 Å². The van der Waals surface area contributed by atoms with E-state index in [9.17, 15) is 0 Å². The molecule has 0 amide bonds. The lowest BCUT2D eigenvalue weighted by Gasteiger charge is -1.94. The van der Waals surface area contributed by atoms with Crippen LogP contribution in [0.25, 0.3) is 0 Å². The summed E-state index contributed by atoms with van der Waals surface area (Å²) in [4.78, 5) is 0. The predicted molar refractivity (Wildman–Crippen MR) is 40.5 cm³/mol. The number of hydrogen-bond donors (Lipinski definition) is 1. The van der Waals surface area contributed by atoms with E-state index in [4.69, 9.17) is 16.7 Å². The monoisotopic (exact) mass is 144 g/mol. The second kappa shape index (κ2) is 3.36. The van der Waals surface area contributed by atoms with Crippen LogP contribution in [-0.2, 0) is 0 Å². The summed E-state index contributed by atoms with van der Waals surface area (Å²) in [5.74, 6) is 0.0787. The highest BCUT2D eigenvalue weighted by atomic mass is 35.5. The van der Waals surface area contributed by atoms with Gasteiger partial charge in [-0.15, -0.1) is 0 Å². The lowest BCUT2D eigenvalue weighted by molar-refractivity contribution is 0.424. The molecule has 0 atom stereocenters. The van der Waals surface area contributed by atoms with E-state index in [1.807, 2.05) is 0 Å². The Hall–Kier alpha value is -0.690. The zero-order valence-corrected chi connectivity index (χ0v) is 6.07. The quantitative estimate of drug-likeness (QED) is 0.467.